The van der Waals surface area contributed by atoms with Gasteiger partial charge in [0.15, 0.2) is 17.4 Å². The molecule has 6 nitrogen and oxygen atoms in total. The average molecular weight is 292 g/mol. The lowest BCUT2D eigenvalue weighted by Gasteiger charge is -2.25. The van der Waals surface area contributed by atoms with Crippen LogP contribution in [0.25, 0.3) is 11.5 Å². The lowest BCUT2D eigenvalue weighted by molar-refractivity contribution is 0.225. The fraction of sp³-hybridized carbons (Fsp3) is 0.429. The van der Waals surface area contributed by atoms with Crippen molar-refractivity contribution in [3.05, 3.63) is 29.8 Å². The van der Waals surface area contributed by atoms with E-state index in [0.29, 0.717) is 23.8 Å². The Hall–Kier alpha value is -1.99. The Labute approximate surface area is 121 Å². The van der Waals surface area contributed by atoms with Crippen molar-refractivity contribution in [3.63, 3.8) is 0 Å². The van der Waals surface area contributed by atoms with Crippen LogP contribution in [0.2, 0.25) is 0 Å². The number of hydrogen-bond donors (Lipinski definition) is 1. The number of piperazine rings is 1. The molecular formula is C14H17FN4O2. The Morgan fingerprint density at radius 1 is 1.38 bits per heavy atom. The van der Waals surface area contributed by atoms with Gasteiger partial charge in [-0.1, -0.05) is 5.16 Å². The van der Waals surface area contributed by atoms with Crippen LogP contribution in [0.1, 0.15) is 5.82 Å². The highest BCUT2D eigenvalue weighted by Gasteiger charge is 2.15. The molecule has 0 unspecified atom stereocenters. The van der Waals surface area contributed by atoms with E-state index in [1.165, 1.54) is 13.2 Å². The third-order valence-corrected chi connectivity index (χ3v) is 3.44. The van der Waals surface area contributed by atoms with Crippen LogP contribution in [-0.4, -0.2) is 48.3 Å². The van der Waals surface area contributed by atoms with Gasteiger partial charge >= 0.3 is 0 Å². The minimum atomic E-state index is -0.447. The zero-order chi connectivity index (χ0) is 14.7. The van der Waals surface area contributed by atoms with Gasteiger partial charge in [0.05, 0.1) is 13.7 Å². The first-order valence-electron chi connectivity index (χ1n) is 6.86. The number of benzene rings is 1. The van der Waals surface area contributed by atoms with Gasteiger partial charge < -0.3 is 14.6 Å². The second-order valence-electron chi connectivity index (χ2n) is 4.89. The van der Waals surface area contributed by atoms with E-state index >= 15 is 0 Å². The molecule has 1 aliphatic rings. The fourth-order valence-electron chi connectivity index (χ4n) is 2.30. The molecule has 0 radical (unpaired) electrons. The lowest BCUT2D eigenvalue weighted by atomic mass is 10.2. The Kier molecular flexibility index (Phi) is 4.12. The highest BCUT2D eigenvalue weighted by atomic mass is 19.1. The summed E-state index contributed by atoms with van der Waals surface area (Å²) in [6.07, 6.45) is 0. The molecule has 2 aromatic rings. The number of nitrogens with one attached hydrogen (secondary N) is 1. The van der Waals surface area contributed by atoms with Crippen molar-refractivity contribution in [1.82, 2.24) is 20.4 Å². The number of ether oxygens (including phenoxy) is 1. The maximum atomic E-state index is 13.7. The molecule has 3 rings (SSSR count). The minimum absolute atomic E-state index is 0.194. The average Bonchev–Trinajstić information content (AvgIpc) is 2.97. The van der Waals surface area contributed by atoms with Gasteiger partial charge in [-0.25, -0.2) is 4.39 Å². The smallest absolute Gasteiger partial charge is 0.258 e. The van der Waals surface area contributed by atoms with Crippen molar-refractivity contribution in [2.75, 3.05) is 33.3 Å². The molecule has 0 atom stereocenters. The normalized spacial score (nSPS) is 16.1. The number of rotatable bonds is 4. The Morgan fingerprint density at radius 2 is 2.19 bits per heavy atom. The van der Waals surface area contributed by atoms with E-state index in [0.717, 1.165) is 26.2 Å². The third kappa shape index (κ3) is 3.20. The zero-order valence-corrected chi connectivity index (χ0v) is 11.8. The monoisotopic (exact) mass is 292 g/mol. The SMILES string of the molecule is COc1ccc(-c2nc(CN3CCNCC3)no2)cc1F. The molecule has 0 aliphatic carbocycles. The highest BCUT2D eigenvalue weighted by Crippen LogP contribution is 2.24. The van der Waals surface area contributed by atoms with Gasteiger partial charge in [0.1, 0.15) is 0 Å². The van der Waals surface area contributed by atoms with E-state index < -0.39 is 5.82 Å². The maximum absolute atomic E-state index is 13.7. The third-order valence-electron chi connectivity index (χ3n) is 3.44. The number of aromatic nitrogens is 2. The summed E-state index contributed by atoms with van der Waals surface area (Å²) in [6, 6.07) is 4.58. The van der Waals surface area contributed by atoms with Crippen LogP contribution >= 0.6 is 0 Å². The molecule has 112 valence electrons. The second kappa shape index (κ2) is 6.19. The van der Waals surface area contributed by atoms with Crippen molar-refractivity contribution in [2.24, 2.45) is 0 Å². The molecule has 1 saturated heterocycles. The molecule has 1 fully saturated rings. The van der Waals surface area contributed by atoms with E-state index in [2.05, 4.69) is 20.4 Å². The maximum Gasteiger partial charge on any atom is 0.258 e. The van der Waals surface area contributed by atoms with Crippen LogP contribution in [0.4, 0.5) is 4.39 Å². The van der Waals surface area contributed by atoms with Crippen LogP contribution in [0.15, 0.2) is 22.7 Å². The molecule has 21 heavy (non-hydrogen) atoms. The largest absolute Gasteiger partial charge is 0.494 e. The van der Waals surface area contributed by atoms with Crippen LogP contribution in [-0.2, 0) is 6.54 Å². The van der Waals surface area contributed by atoms with Gasteiger partial charge in [0.2, 0.25) is 0 Å². The van der Waals surface area contributed by atoms with Crippen molar-refractivity contribution in [3.8, 4) is 17.2 Å². The van der Waals surface area contributed by atoms with Crippen molar-refractivity contribution in [1.29, 1.82) is 0 Å². The van der Waals surface area contributed by atoms with Gasteiger partial charge in [0, 0.05) is 31.7 Å². The van der Waals surface area contributed by atoms with Crippen LogP contribution in [0.3, 0.4) is 0 Å². The quantitative estimate of drug-likeness (QED) is 0.916. The molecule has 0 amide bonds. The summed E-state index contributed by atoms with van der Waals surface area (Å²) in [4.78, 5) is 6.57. The van der Waals surface area contributed by atoms with Gasteiger partial charge in [0.25, 0.3) is 5.89 Å². The standard InChI is InChI=1S/C14H17FN4O2/c1-20-12-3-2-10(8-11(12)15)14-17-13(18-21-14)9-19-6-4-16-5-7-19/h2-3,8,16H,4-7,9H2,1H3. The van der Waals surface area contributed by atoms with Crippen LogP contribution < -0.4 is 10.1 Å². The first-order valence-corrected chi connectivity index (χ1v) is 6.86. The van der Waals surface area contributed by atoms with Crippen LogP contribution in [0, 0.1) is 5.82 Å². The van der Waals surface area contributed by atoms with Crippen molar-refractivity contribution >= 4 is 0 Å². The predicted molar refractivity (Wildman–Crippen MR) is 74.4 cm³/mol. The lowest BCUT2D eigenvalue weighted by Crippen LogP contribution is -2.43. The first-order chi connectivity index (χ1) is 10.3. The summed E-state index contributed by atoms with van der Waals surface area (Å²) in [5.41, 5.74) is 0.548. The van der Waals surface area contributed by atoms with Gasteiger partial charge in [-0.05, 0) is 18.2 Å². The molecule has 1 aromatic carbocycles. The van der Waals surface area contributed by atoms with E-state index in [-0.39, 0.29) is 5.75 Å². The summed E-state index contributed by atoms with van der Waals surface area (Å²) in [5, 5.41) is 7.25. The Balaban J connectivity index is 1.73. The van der Waals surface area contributed by atoms with E-state index in [9.17, 15) is 4.39 Å². The minimum Gasteiger partial charge on any atom is -0.494 e. The molecule has 2 heterocycles. The van der Waals surface area contributed by atoms with E-state index in [1.807, 2.05) is 0 Å². The molecular weight excluding hydrogens is 275 g/mol. The topological polar surface area (TPSA) is 63.4 Å². The first kappa shape index (κ1) is 14.0. The van der Waals surface area contributed by atoms with E-state index in [4.69, 9.17) is 9.26 Å². The number of nitrogens with zero attached hydrogens (tertiary/aromatic N) is 3. The summed E-state index contributed by atoms with van der Waals surface area (Å²) in [5.74, 6) is 0.681. The molecule has 1 aliphatic heterocycles. The summed E-state index contributed by atoms with van der Waals surface area (Å²) < 4.78 is 23.8. The zero-order valence-electron chi connectivity index (χ0n) is 11.8. The second-order valence-corrected chi connectivity index (χ2v) is 4.89. The predicted octanol–water partition coefficient (Wildman–Crippen LogP) is 1.29. The Morgan fingerprint density at radius 3 is 2.90 bits per heavy atom. The molecule has 0 saturated carbocycles. The van der Waals surface area contributed by atoms with Gasteiger partial charge in [-0.3, -0.25) is 4.90 Å². The molecule has 0 bridgehead atoms. The highest BCUT2D eigenvalue weighted by molar-refractivity contribution is 5.54. The molecule has 1 aromatic heterocycles. The van der Waals surface area contributed by atoms with Gasteiger partial charge in [-0.2, -0.15) is 4.98 Å². The van der Waals surface area contributed by atoms with Gasteiger partial charge in [-0.15, -0.1) is 0 Å². The van der Waals surface area contributed by atoms with E-state index in [1.54, 1.807) is 12.1 Å². The Bertz CT molecular complexity index is 611. The number of halogens is 1. The van der Waals surface area contributed by atoms with Crippen molar-refractivity contribution < 1.29 is 13.7 Å². The molecule has 0 spiro atoms. The summed E-state index contributed by atoms with van der Waals surface area (Å²) >= 11 is 0. The summed E-state index contributed by atoms with van der Waals surface area (Å²) in [6.45, 7) is 4.49. The van der Waals surface area contributed by atoms with Crippen molar-refractivity contribution in [2.45, 2.75) is 6.54 Å². The van der Waals surface area contributed by atoms with Crippen LogP contribution in [0.5, 0.6) is 5.75 Å². The number of methoxy groups -OCH3 is 1. The fourth-order valence-corrected chi connectivity index (χ4v) is 2.30. The molecule has 1 N–H and O–H groups in total. The molecule has 7 heteroatoms. The summed E-state index contributed by atoms with van der Waals surface area (Å²) in [7, 11) is 1.43. The number of hydrogen-bond acceptors (Lipinski definition) is 6.